The normalized spacial score (nSPS) is 10.2. The molecule has 0 atom stereocenters. The molecule has 0 aliphatic rings. The Balaban J connectivity index is 1.93. The number of amides is 1. The molecular formula is C14H11Cl2NOS. The van der Waals surface area contributed by atoms with E-state index >= 15 is 0 Å². The van der Waals surface area contributed by atoms with Crippen LogP contribution in [-0.2, 0) is 4.79 Å². The van der Waals surface area contributed by atoms with E-state index in [1.165, 1.54) is 11.8 Å². The molecule has 0 saturated carbocycles. The Hall–Kier alpha value is -1.16. The molecule has 0 aromatic heterocycles. The van der Waals surface area contributed by atoms with Crippen LogP contribution < -0.4 is 5.32 Å². The summed E-state index contributed by atoms with van der Waals surface area (Å²) >= 11 is 13.3. The summed E-state index contributed by atoms with van der Waals surface area (Å²) in [7, 11) is 0. The molecule has 2 aromatic rings. The quantitative estimate of drug-likeness (QED) is 0.827. The molecule has 0 bridgehead atoms. The summed E-state index contributed by atoms with van der Waals surface area (Å²) in [6.45, 7) is 0. The predicted molar refractivity (Wildman–Crippen MR) is 82.3 cm³/mol. The number of hydrogen-bond acceptors (Lipinski definition) is 2. The van der Waals surface area contributed by atoms with Crippen molar-refractivity contribution in [2.75, 3.05) is 11.1 Å². The van der Waals surface area contributed by atoms with Crippen LogP contribution in [0.25, 0.3) is 0 Å². The summed E-state index contributed by atoms with van der Waals surface area (Å²) in [4.78, 5) is 12.9. The third-order valence-corrected chi connectivity index (χ3v) is 3.89. The van der Waals surface area contributed by atoms with Gasteiger partial charge in [-0.3, -0.25) is 4.79 Å². The topological polar surface area (TPSA) is 29.1 Å². The number of nitrogens with one attached hydrogen (secondary N) is 1. The van der Waals surface area contributed by atoms with E-state index in [4.69, 9.17) is 23.2 Å². The largest absolute Gasteiger partial charge is 0.324 e. The van der Waals surface area contributed by atoms with E-state index < -0.39 is 0 Å². The van der Waals surface area contributed by atoms with Gasteiger partial charge in [-0.05, 0) is 30.3 Å². The smallest absolute Gasteiger partial charge is 0.234 e. The van der Waals surface area contributed by atoms with Gasteiger partial charge in [0.05, 0.1) is 16.5 Å². The Morgan fingerprint density at radius 2 is 1.84 bits per heavy atom. The molecule has 0 aliphatic carbocycles. The van der Waals surface area contributed by atoms with Crippen LogP contribution in [0.2, 0.25) is 10.0 Å². The lowest BCUT2D eigenvalue weighted by Crippen LogP contribution is -2.14. The zero-order valence-corrected chi connectivity index (χ0v) is 12.2. The van der Waals surface area contributed by atoms with Crippen LogP contribution in [0.1, 0.15) is 0 Å². The Morgan fingerprint density at radius 3 is 2.58 bits per heavy atom. The minimum absolute atomic E-state index is 0.113. The maximum absolute atomic E-state index is 11.8. The average Bonchev–Trinajstić information content (AvgIpc) is 2.42. The molecule has 1 amide bonds. The van der Waals surface area contributed by atoms with Crippen LogP contribution in [0.3, 0.4) is 0 Å². The summed E-state index contributed by atoms with van der Waals surface area (Å²) in [5.41, 5.74) is 0.535. The first kappa shape index (κ1) is 14.3. The molecule has 0 fully saturated rings. The Kier molecular flexibility index (Phi) is 5.14. The van der Waals surface area contributed by atoms with E-state index in [2.05, 4.69) is 5.32 Å². The highest BCUT2D eigenvalue weighted by atomic mass is 35.5. The molecule has 0 heterocycles. The summed E-state index contributed by atoms with van der Waals surface area (Å²) < 4.78 is 0. The van der Waals surface area contributed by atoms with Crippen LogP contribution in [0, 0.1) is 0 Å². The number of hydrogen-bond donors (Lipinski definition) is 1. The fraction of sp³-hybridized carbons (Fsp3) is 0.0714. The second-order valence-corrected chi connectivity index (χ2v) is 5.67. The minimum Gasteiger partial charge on any atom is -0.324 e. The van der Waals surface area contributed by atoms with Crippen LogP contribution in [0.5, 0.6) is 0 Å². The van der Waals surface area contributed by atoms with Crippen molar-refractivity contribution in [1.29, 1.82) is 0 Å². The van der Waals surface area contributed by atoms with Gasteiger partial charge in [0.1, 0.15) is 0 Å². The number of halogens is 2. The first-order valence-electron chi connectivity index (χ1n) is 5.58. The fourth-order valence-corrected chi connectivity index (χ4v) is 2.50. The van der Waals surface area contributed by atoms with E-state index in [-0.39, 0.29) is 5.91 Å². The van der Waals surface area contributed by atoms with Crippen molar-refractivity contribution in [2.45, 2.75) is 4.90 Å². The molecule has 0 unspecified atom stereocenters. The highest BCUT2D eigenvalue weighted by molar-refractivity contribution is 8.00. The van der Waals surface area contributed by atoms with Gasteiger partial charge in [0.2, 0.25) is 5.91 Å². The first-order valence-corrected chi connectivity index (χ1v) is 7.32. The van der Waals surface area contributed by atoms with E-state index in [1.54, 1.807) is 18.2 Å². The second-order valence-electron chi connectivity index (χ2n) is 3.77. The number of thioether (sulfide) groups is 1. The summed E-state index contributed by atoms with van der Waals surface area (Å²) in [6, 6.07) is 14.7. The average molecular weight is 312 g/mol. The van der Waals surface area contributed by atoms with Gasteiger partial charge in [-0.2, -0.15) is 0 Å². The summed E-state index contributed by atoms with van der Waals surface area (Å²) in [5.74, 6) is 0.213. The molecular weight excluding hydrogens is 301 g/mol. The van der Waals surface area contributed by atoms with E-state index in [0.29, 0.717) is 21.5 Å². The van der Waals surface area contributed by atoms with Crippen molar-refractivity contribution in [3.63, 3.8) is 0 Å². The van der Waals surface area contributed by atoms with Gasteiger partial charge in [-0.1, -0.05) is 41.4 Å². The van der Waals surface area contributed by atoms with E-state index in [1.807, 2.05) is 30.3 Å². The minimum atomic E-state index is -0.113. The molecule has 2 aromatic carbocycles. The highest BCUT2D eigenvalue weighted by Gasteiger charge is 2.07. The Bertz CT molecular complexity index is 575. The Morgan fingerprint density at radius 1 is 1.11 bits per heavy atom. The van der Waals surface area contributed by atoms with Crippen molar-refractivity contribution < 1.29 is 4.79 Å². The van der Waals surface area contributed by atoms with Crippen molar-refractivity contribution in [2.24, 2.45) is 0 Å². The van der Waals surface area contributed by atoms with Crippen LogP contribution in [0.15, 0.2) is 53.4 Å². The van der Waals surface area contributed by atoms with Crippen molar-refractivity contribution in [3.05, 3.63) is 58.6 Å². The zero-order valence-electron chi connectivity index (χ0n) is 9.90. The number of benzene rings is 2. The number of carbonyl (C=O) groups is 1. The third-order valence-electron chi connectivity index (χ3n) is 2.32. The van der Waals surface area contributed by atoms with E-state index in [9.17, 15) is 4.79 Å². The van der Waals surface area contributed by atoms with Gasteiger partial charge >= 0.3 is 0 Å². The number of rotatable bonds is 4. The van der Waals surface area contributed by atoms with Gasteiger partial charge in [-0.25, -0.2) is 0 Å². The fourth-order valence-electron chi connectivity index (χ4n) is 1.45. The van der Waals surface area contributed by atoms with Gasteiger partial charge < -0.3 is 5.32 Å². The highest BCUT2D eigenvalue weighted by Crippen LogP contribution is 2.26. The van der Waals surface area contributed by atoms with E-state index in [0.717, 1.165) is 4.90 Å². The van der Waals surface area contributed by atoms with Gasteiger partial charge in [-0.15, -0.1) is 11.8 Å². The molecule has 1 N–H and O–H groups in total. The number of anilines is 1. The third kappa shape index (κ3) is 4.46. The van der Waals surface area contributed by atoms with Crippen molar-refractivity contribution in [1.82, 2.24) is 0 Å². The van der Waals surface area contributed by atoms with Gasteiger partial charge in [0.25, 0.3) is 0 Å². The lowest BCUT2D eigenvalue weighted by atomic mass is 10.3. The maximum Gasteiger partial charge on any atom is 0.234 e. The SMILES string of the molecule is O=C(CSc1ccccc1)Nc1cc(Cl)ccc1Cl. The molecule has 0 saturated heterocycles. The first-order chi connectivity index (χ1) is 9.15. The van der Waals surface area contributed by atoms with Crippen molar-refractivity contribution >= 4 is 46.6 Å². The molecule has 0 spiro atoms. The monoisotopic (exact) mass is 311 g/mol. The molecule has 0 radical (unpaired) electrons. The predicted octanol–water partition coefficient (Wildman–Crippen LogP) is 4.72. The van der Waals surface area contributed by atoms with Gasteiger partial charge in [0.15, 0.2) is 0 Å². The van der Waals surface area contributed by atoms with Gasteiger partial charge in [0, 0.05) is 9.92 Å². The lowest BCUT2D eigenvalue weighted by Gasteiger charge is -2.07. The van der Waals surface area contributed by atoms with Crippen molar-refractivity contribution in [3.8, 4) is 0 Å². The second kappa shape index (κ2) is 6.85. The molecule has 2 rings (SSSR count). The van der Waals surface area contributed by atoms with Crippen LogP contribution >= 0.6 is 35.0 Å². The molecule has 19 heavy (non-hydrogen) atoms. The molecule has 5 heteroatoms. The maximum atomic E-state index is 11.8. The van der Waals surface area contributed by atoms with Crippen LogP contribution in [0.4, 0.5) is 5.69 Å². The molecule has 98 valence electrons. The van der Waals surface area contributed by atoms with Crippen LogP contribution in [-0.4, -0.2) is 11.7 Å². The molecule has 2 nitrogen and oxygen atoms in total. The number of carbonyl (C=O) groups excluding carboxylic acids is 1. The molecule has 0 aliphatic heterocycles. The summed E-state index contributed by atoms with van der Waals surface area (Å²) in [5, 5.41) is 3.76. The Labute approximate surface area is 126 Å². The lowest BCUT2D eigenvalue weighted by molar-refractivity contribution is -0.113. The standard InChI is InChI=1S/C14H11Cl2NOS/c15-10-6-7-12(16)13(8-10)17-14(18)9-19-11-4-2-1-3-5-11/h1-8H,9H2,(H,17,18). The summed E-state index contributed by atoms with van der Waals surface area (Å²) in [6.07, 6.45) is 0. The zero-order chi connectivity index (χ0) is 13.7.